The number of aromatic nitrogens is 3. The van der Waals surface area contributed by atoms with Gasteiger partial charge in [0.15, 0.2) is 0 Å². The quantitative estimate of drug-likeness (QED) is 0.819. The molecule has 2 rings (SSSR count). The van der Waals surface area contributed by atoms with Gasteiger partial charge in [-0.2, -0.15) is 10.3 Å². The molecule has 1 amide bonds. The van der Waals surface area contributed by atoms with Crippen molar-refractivity contribution in [2.45, 2.75) is 55.8 Å². The third kappa shape index (κ3) is 3.73. The molecule has 1 aliphatic carbocycles. The third-order valence-corrected chi connectivity index (χ3v) is 4.43. The fourth-order valence-corrected chi connectivity index (χ4v) is 2.95. The number of carbonyl (C=O) groups is 1. The molecule has 1 saturated carbocycles. The lowest BCUT2D eigenvalue weighted by Crippen LogP contribution is -2.41. The minimum absolute atomic E-state index is 0.0996. The van der Waals surface area contributed by atoms with Gasteiger partial charge in [0.1, 0.15) is 5.03 Å². The number of hydrogen-bond acceptors (Lipinski definition) is 4. The van der Waals surface area contributed by atoms with E-state index in [-0.39, 0.29) is 11.2 Å². The number of aromatic amines is 1. The molecule has 100 valence electrons. The molecule has 5 nitrogen and oxygen atoms in total. The lowest BCUT2D eigenvalue weighted by Gasteiger charge is -2.27. The van der Waals surface area contributed by atoms with Crippen LogP contribution in [0.4, 0.5) is 0 Å². The summed E-state index contributed by atoms with van der Waals surface area (Å²) in [5.74, 6) is 0.905. The molecule has 0 saturated heterocycles. The number of nitrogens with one attached hydrogen (secondary N) is 2. The maximum absolute atomic E-state index is 12.0. The number of hydrogen-bond donors (Lipinski definition) is 2. The summed E-state index contributed by atoms with van der Waals surface area (Å²) < 4.78 is 0. The highest BCUT2D eigenvalue weighted by Gasteiger charge is 2.22. The van der Waals surface area contributed by atoms with E-state index in [1.165, 1.54) is 24.6 Å². The molecule has 1 aliphatic rings. The summed E-state index contributed by atoms with van der Waals surface area (Å²) in [5, 5.41) is 14.0. The van der Waals surface area contributed by atoms with Crippen molar-refractivity contribution in [1.29, 1.82) is 0 Å². The van der Waals surface area contributed by atoms with E-state index in [4.69, 9.17) is 0 Å². The number of H-pyrrole nitrogens is 1. The average Bonchev–Trinajstić information content (AvgIpc) is 2.85. The van der Waals surface area contributed by atoms with Gasteiger partial charge < -0.3 is 5.32 Å². The summed E-state index contributed by atoms with van der Waals surface area (Å²) in [5.41, 5.74) is 0. The first-order valence-corrected chi connectivity index (χ1v) is 7.36. The number of carbonyl (C=O) groups excluding carboxylic acids is 1. The summed E-state index contributed by atoms with van der Waals surface area (Å²) in [6.07, 6.45) is 6.28. The van der Waals surface area contributed by atoms with E-state index in [0.29, 0.717) is 6.04 Å². The number of nitrogens with zero attached hydrogens (tertiary/aromatic N) is 2. The van der Waals surface area contributed by atoms with Crippen LogP contribution in [0.5, 0.6) is 0 Å². The SMILES string of the molecule is CC1CCC(NC(=O)C(C)Sc2cn[nH]n2)CC1. The molecule has 0 aromatic carbocycles. The number of rotatable bonds is 4. The third-order valence-electron chi connectivity index (χ3n) is 3.42. The Balaban J connectivity index is 1.77. The molecule has 0 bridgehead atoms. The van der Waals surface area contributed by atoms with Gasteiger partial charge in [-0.3, -0.25) is 4.79 Å². The van der Waals surface area contributed by atoms with Crippen molar-refractivity contribution in [1.82, 2.24) is 20.7 Å². The lowest BCUT2D eigenvalue weighted by molar-refractivity contribution is -0.121. The van der Waals surface area contributed by atoms with Crippen LogP contribution in [0.15, 0.2) is 11.2 Å². The van der Waals surface area contributed by atoms with Gasteiger partial charge in [-0.05, 0) is 38.5 Å². The highest BCUT2D eigenvalue weighted by molar-refractivity contribution is 8.00. The molecule has 1 fully saturated rings. The van der Waals surface area contributed by atoms with Crippen molar-refractivity contribution in [3.8, 4) is 0 Å². The summed E-state index contributed by atoms with van der Waals surface area (Å²) >= 11 is 1.43. The minimum Gasteiger partial charge on any atom is -0.352 e. The molecular weight excluding hydrogens is 248 g/mol. The van der Waals surface area contributed by atoms with E-state index in [9.17, 15) is 4.79 Å². The number of thioether (sulfide) groups is 1. The van der Waals surface area contributed by atoms with Crippen molar-refractivity contribution < 1.29 is 4.79 Å². The molecule has 0 radical (unpaired) electrons. The zero-order valence-corrected chi connectivity index (χ0v) is 11.7. The Morgan fingerprint density at radius 2 is 2.22 bits per heavy atom. The lowest BCUT2D eigenvalue weighted by atomic mass is 9.87. The minimum atomic E-state index is -0.130. The van der Waals surface area contributed by atoms with Gasteiger partial charge >= 0.3 is 0 Å². The maximum Gasteiger partial charge on any atom is 0.233 e. The Labute approximate surface area is 111 Å². The second-order valence-corrected chi connectivity index (χ2v) is 6.39. The predicted molar refractivity (Wildman–Crippen MR) is 71.3 cm³/mol. The molecule has 0 aliphatic heterocycles. The van der Waals surface area contributed by atoms with Crippen LogP contribution in [0.25, 0.3) is 0 Å². The summed E-state index contributed by atoms with van der Waals surface area (Å²) in [7, 11) is 0. The van der Waals surface area contributed by atoms with Gasteiger partial charge in [0.05, 0.1) is 11.4 Å². The largest absolute Gasteiger partial charge is 0.352 e. The van der Waals surface area contributed by atoms with Gasteiger partial charge in [0.25, 0.3) is 0 Å². The van der Waals surface area contributed by atoms with Crippen molar-refractivity contribution in [2.75, 3.05) is 0 Å². The molecule has 6 heteroatoms. The second-order valence-electron chi connectivity index (χ2n) is 5.03. The van der Waals surface area contributed by atoms with E-state index in [2.05, 4.69) is 27.7 Å². The van der Waals surface area contributed by atoms with E-state index >= 15 is 0 Å². The monoisotopic (exact) mass is 268 g/mol. The van der Waals surface area contributed by atoms with Gasteiger partial charge in [-0.25, -0.2) is 0 Å². The first-order valence-electron chi connectivity index (χ1n) is 6.48. The molecule has 1 atom stereocenters. The van der Waals surface area contributed by atoms with Crippen molar-refractivity contribution >= 4 is 17.7 Å². The van der Waals surface area contributed by atoms with Gasteiger partial charge in [-0.15, -0.1) is 5.10 Å². The molecule has 0 spiro atoms. The fraction of sp³-hybridized carbons (Fsp3) is 0.750. The van der Waals surface area contributed by atoms with Gasteiger partial charge in [-0.1, -0.05) is 18.7 Å². The number of amides is 1. The predicted octanol–water partition coefficient (Wildman–Crippen LogP) is 1.98. The summed E-state index contributed by atoms with van der Waals surface area (Å²) in [4.78, 5) is 12.0. The fourth-order valence-electron chi connectivity index (χ4n) is 2.21. The van der Waals surface area contributed by atoms with E-state index in [0.717, 1.165) is 23.8 Å². The molecule has 1 heterocycles. The van der Waals surface area contributed by atoms with Crippen molar-refractivity contribution in [3.63, 3.8) is 0 Å². The Bertz CT molecular complexity index is 373. The highest BCUT2D eigenvalue weighted by atomic mass is 32.2. The molecule has 18 heavy (non-hydrogen) atoms. The topological polar surface area (TPSA) is 70.7 Å². The normalized spacial score (nSPS) is 25.7. The molecule has 2 N–H and O–H groups in total. The molecule has 1 unspecified atom stereocenters. The van der Waals surface area contributed by atoms with Gasteiger partial charge in [0, 0.05) is 6.04 Å². The van der Waals surface area contributed by atoms with Crippen molar-refractivity contribution in [3.05, 3.63) is 6.20 Å². The van der Waals surface area contributed by atoms with E-state index < -0.39 is 0 Å². The standard InChI is InChI=1S/C12H20N4OS/c1-8-3-5-10(6-4-8)14-12(17)9(2)18-11-7-13-16-15-11/h7-10H,3-6H2,1-2H3,(H,14,17)(H,13,15,16). The van der Waals surface area contributed by atoms with Crippen LogP contribution in [0, 0.1) is 5.92 Å². The Morgan fingerprint density at radius 1 is 1.50 bits per heavy atom. The first-order chi connectivity index (χ1) is 8.65. The average molecular weight is 268 g/mol. The zero-order valence-electron chi connectivity index (χ0n) is 10.8. The molecule has 1 aromatic rings. The van der Waals surface area contributed by atoms with Crippen LogP contribution in [0.1, 0.15) is 39.5 Å². The maximum atomic E-state index is 12.0. The Hall–Kier alpha value is -1.04. The zero-order chi connectivity index (χ0) is 13.0. The highest BCUT2D eigenvalue weighted by Crippen LogP contribution is 2.24. The van der Waals surface area contributed by atoms with Crippen LogP contribution < -0.4 is 5.32 Å². The summed E-state index contributed by atoms with van der Waals surface area (Å²) in [6.45, 7) is 4.18. The van der Waals surface area contributed by atoms with Crippen LogP contribution in [-0.2, 0) is 4.79 Å². The molecular formula is C12H20N4OS. The van der Waals surface area contributed by atoms with Crippen LogP contribution in [0.2, 0.25) is 0 Å². The van der Waals surface area contributed by atoms with E-state index in [1.54, 1.807) is 6.20 Å². The van der Waals surface area contributed by atoms with Crippen LogP contribution in [0.3, 0.4) is 0 Å². The smallest absolute Gasteiger partial charge is 0.233 e. The molecule has 1 aromatic heterocycles. The second kappa shape index (κ2) is 6.22. The van der Waals surface area contributed by atoms with E-state index in [1.807, 2.05) is 6.92 Å². The Morgan fingerprint density at radius 3 is 2.83 bits per heavy atom. The Kier molecular flexibility index (Phi) is 4.63. The first kappa shape index (κ1) is 13.4. The van der Waals surface area contributed by atoms with Gasteiger partial charge in [0.2, 0.25) is 5.91 Å². The summed E-state index contributed by atoms with van der Waals surface area (Å²) in [6, 6.07) is 0.356. The van der Waals surface area contributed by atoms with Crippen molar-refractivity contribution in [2.24, 2.45) is 5.92 Å². The van der Waals surface area contributed by atoms with Crippen LogP contribution in [-0.4, -0.2) is 32.6 Å². The van der Waals surface area contributed by atoms with Crippen LogP contribution >= 0.6 is 11.8 Å².